The third kappa shape index (κ3) is 4.73. The lowest BCUT2D eigenvalue weighted by atomic mass is 10.2. The summed E-state index contributed by atoms with van der Waals surface area (Å²) in [5.41, 5.74) is 0.764. The smallest absolute Gasteiger partial charge is 0.456 e. The summed E-state index contributed by atoms with van der Waals surface area (Å²) in [4.78, 5) is 16.1. The van der Waals surface area contributed by atoms with Crippen molar-refractivity contribution in [3.63, 3.8) is 0 Å². The Kier molecular flexibility index (Phi) is 5.19. The number of carbonyl (C=O) groups excluding carboxylic acids is 1. The first kappa shape index (κ1) is 20.2. The molecule has 0 aliphatic carbocycles. The van der Waals surface area contributed by atoms with Crippen LogP contribution in [0.2, 0.25) is 5.02 Å². The molecular weight excluding hydrogens is 434 g/mol. The molecule has 2 N–H and O–H groups in total. The predicted molar refractivity (Wildman–Crippen MR) is 106 cm³/mol. The van der Waals surface area contributed by atoms with Crippen molar-refractivity contribution < 1.29 is 27.8 Å². The minimum Gasteiger partial charge on any atom is -0.456 e. The molecule has 0 unspecified atom stereocenters. The van der Waals surface area contributed by atoms with Gasteiger partial charge in [0.1, 0.15) is 23.3 Å². The Balaban J connectivity index is 1.40. The van der Waals surface area contributed by atoms with E-state index in [1.54, 1.807) is 12.1 Å². The number of benzene rings is 2. The fraction of sp³-hybridized carbons (Fsp3) is 0.0500. The number of amides is 2. The van der Waals surface area contributed by atoms with Crippen molar-refractivity contribution in [1.82, 2.24) is 4.98 Å². The highest BCUT2D eigenvalue weighted by Gasteiger charge is 2.43. The third-order valence-corrected chi connectivity index (χ3v) is 4.22. The molecule has 0 saturated heterocycles. The second kappa shape index (κ2) is 7.97. The van der Waals surface area contributed by atoms with Gasteiger partial charge in [-0.3, -0.25) is 0 Å². The second-order valence-corrected chi connectivity index (χ2v) is 6.55. The van der Waals surface area contributed by atoms with Crippen LogP contribution in [0.5, 0.6) is 23.0 Å². The number of halogens is 3. The summed E-state index contributed by atoms with van der Waals surface area (Å²) in [6.07, 6.45) is -2.31. The van der Waals surface area contributed by atoms with Crippen LogP contribution in [0.3, 0.4) is 0 Å². The lowest BCUT2D eigenvalue weighted by Gasteiger charge is -2.11. The number of hydrogen-bond donors (Lipinski definition) is 2. The number of nitrogens with one attached hydrogen (secondary N) is 2. The Labute approximate surface area is 178 Å². The van der Waals surface area contributed by atoms with Gasteiger partial charge in [0, 0.05) is 29.7 Å². The number of alkyl halides is 2. The average Bonchev–Trinajstić information content (AvgIpc) is 3.03. The highest BCUT2D eigenvalue weighted by Crippen LogP contribution is 2.42. The number of carbonyl (C=O) groups is 1. The molecule has 0 saturated carbocycles. The molecule has 156 valence electrons. The molecule has 8 nitrogen and oxygen atoms in total. The SMILES string of the molecule is N#Cc1cc(Oc2ccc(NC(=O)Nc3ccc4c(c3)OC(F)(F)O4)cc2Cl)ccn1. The molecule has 0 radical (unpaired) electrons. The summed E-state index contributed by atoms with van der Waals surface area (Å²) in [5.74, 6) is 0.358. The fourth-order valence-electron chi connectivity index (χ4n) is 2.64. The summed E-state index contributed by atoms with van der Waals surface area (Å²) >= 11 is 6.21. The number of nitriles is 1. The Bertz CT molecular complexity index is 1220. The van der Waals surface area contributed by atoms with Crippen molar-refractivity contribution in [2.45, 2.75) is 6.29 Å². The molecule has 0 fully saturated rings. The minimum atomic E-state index is -3.74. The lowest BCUT2D eigenvalue weighted by Crippen LogP contribution is -2.25. The zero-order chi connectivity index (χ0) is 22.0. The van der Waals surface area contributed by atoms with Crippen molar-refractivity contribution in [2.75, 3.05) is 10.6 Å². The van der Waals surface area contributed by atoms with E-state index in [1.165, 1.54) is 42.6 Å². The minimum absolute atomic E-state index is 0.130. The highest BCUT2D eigenvalue weighted by atomic mass is 35.5. The van der Waals surface area contributed by atoms with Gasteiger partial charge >= 0.3 is 12.3 Å². The quantitative estimate of drug-likeness (QED) is 0.561. The normalized spacial score (nSPS) is 13.2. The van der Waals surface area contributed by atoms with Gasteiger partial charge in [0.15, 0.2) is 11.5 Å². The number of ether oxygens (including phenoxy) is 3. The van der Waals surface area contributed by atoms with Crippen molar-refractivity contribution in [1.29, 1.82) is 5.26 Å². The first-order valence-electron chi connectivity index (χ1n) is 8.63. The van der Waals surface area contributed by atoms with Crippen LogP contribution < -0.4 is 24.8 Å². The Morgan fingerprint density at radius 1 is 1.06 bits per heavy atom. The molecule has 31 heavy (non-hydrogen) atoms. The molecule has 2 amide bonds. The van der Waals surface area contributed by atoms with Crippen LogP contribution in [-0.2, 0) is 0 Å². The van der Waals surface area contributed by atoms with Crippen LogP contribution in [0, 0.1) is 11.3 Å². The number of nitrogens with zero attached hydrogens (tertiary/aromatic N) is 2. The predicted octanol–water partition coefficient (Wildman–Crippen LogP) is 5.36. The maximum Gasteiger partial charge on any atom is 0.586 e. The number of aromatic nitrogens is 1. The summed E-state index contributed by atoms with van der Waals surface area (Å²) < 4.78 is 40.4. The molecule has 11 heteroatoms. The first-order chi connectivity index (χ1) is 14.8. The number of fused-ring (bicyclic) bond motifs is 1. The van der Waals surface area contributed by atoms with E-state index in [-0.39, 0.29) is 27.9 Å². The van der Waals surface area contributed by atoms with Gasteiger partial charge in [-0.05, 0) is 36.4 Å². The largest absolute Gasteiger partial charge is 0.586 e. The number of hydrogen-bond acceptors (Lipinski definition) is 6. The Hall–Kier alpha value is -4.10. The van der Waals surface area contributed by atoms with Gasteiger partial charge in [0.05, 0.1) is 5.02 Å². The van der Waals surface area contributed by atoms with Crippen molar-refractivity contribution in [3.05, 3.63) is 65.4 Å². The Morgan fingerprint density at radius 3 is 2.52 bits per heavy atom. The molecule has 1 aliphatic rings. The van der Waals surface area contributed by atoms with E-state index in [1.807, 2.05) is 6.07 Å². The van der Waals surface area contributed by atoms with Crippen LogP contribution in [0.15, 0.2) is 54.7 Å². The van der Waals surface area contributed by atoms with E-state index in [0.29, 0.717) is 17.2 Å². The molecule has 4 rings (SSSR count). The van der Waals surface area contributed by atoms with Gasteiger partial charge in [-0.25, -0.2) is 9.78 Å². The fourth-order valence-corrected chi connectivity index (χ4v) is 2.86. The third-order valence-electron chi connectivity index (χ3n) is 3.92. The van der Waals surface area contributed by atoms with Crippen LogP contribution in [0.25, 0.3) is 0 Å². The van der Waals surface area contributed by atoms with Crippen LogP contribution in [0.1, 0.15) is 5.69 Å². The van der Waals surface area contributed by atoms with Gasteiger partial charge in [0.2, 0.25) is 0 Å². The van der Waals surface area contributed by atoms with Crippen LogP contribution in [-0.4, -0.2) is 17.3 Å². The van der Waals surface area contributed by atoms with E-state index in [2.05, 4.69) is 25.1 Å². The van der Waals surface area contributed by atoms with Crippen molar-refractivity contribution in [3.8, 4) is 29.1 Å². The molecule has 2 aromatic carbocycles. The molecule has 1 aromatic heterocycles. The maximum atomic E-state index is 13.1. The van der Waals surface area contributed by atoms with Gasteiger partial charge in [-0.15, -0.1) is 8.78 Å². The molecule has 0 bridgehead atoms. The molecule has 1 aliphatic heterocycles. The highest BCUT2D eigenvalue weighted by molar-refractivity contribution is 6.32. The number of urea groups is 1. The average molecular weight is 445 g/mol. The van der Waals surface area contributed by atoms with Crippen LogP contribution in [0.4, 0.5) is 25.0 Å². The summed E-state index contributed by atoms with van der Waals surface area (Å²) in [7, 11) is 0. The van der Waals surface area contributed by atoms with E-state index >= 15 is 0 Å². The molecule has 3 aromatic rings. The van der Waals surface area contributed by atoms with E-state index < -0.39 is 12.3 Å². The van der Waals surface area contributed by atoms with Crippen molar-refractivity contribution >= 4 is 29.0 Å². The number of rotatable bonds is 4. The van der Waals surface area contributed by atoms with E-state index in [9.17, 15) is 13.6 Å². The number of anilines is 2. The zero-order valence-corrected chi connectivity index (χ0v) is 16.1. The van der Waals surface area contributed by atoms with Gasteiger partial charge < -0.3 is 24.8 Å². The van der Waals surface area contributed by atoms with Crippen LogP contribution >= 0.6 is 11.6 Å². The van der Waals surface area contributed by atoms with Gasteiger partial charge in [-0.1, -0.05) is 11.6 Å². The zero-order valence-electron chi connectivity index (χ0n) is 15.4. The first-order valence-corrected chi connectivity index (χ1v) is 9.00. The second-order valence-electron chi connectivity index (χ2n) is 6.14. The molecule has 2 heterocycles. The molecule has 0 spiro atoms. The summed E-state index contributed by atoms with van der Waals surface area (Å²) in [6.45, 7) is 0. The maximum absolute atomic E-state index is 13.1. The lowest BCUT2D eigenvalue weighted by molar-refractivity contribution is -0.286. The summed E-state index contributed by atoms with van der Waals surface area (Å²) in [5, 5.41) is 14.2. The van der Waals surface area contributed by atoms with E-state index in [0.717, 1.165) is 0 Å². The Morgan fingerprint density at radius 2 is 1.77 bits per heavy atom. The van der Waals surface area contributed by atoms with Gasteiger partial charge in [0.25, 0.3) is 0 Å². The monoisotopic (exact) mass is 444 g/mol. The standard InChI is InChI=1S/C20H11ClF2N4O4/c21-15-8-11(1-3-16(15)29-14-5-6-25-13(7-14)10-24)26-19(28)27-12-2-4-17-18(9-12)31-20(22,23)30-17/h1-9H,(H2,26,27,28). The van der Waals surface area contributed by atoms with E-state index in [4.69, 9.17) is 21.6 Å². The molecular formula is C20H11ClF2N4O4. The topological polar surface area (TPSA) is 106 Å². The van der Waals surface area contributed by atoms with Gasteiger partial charge in [-0.2, -0.15) is 5.26 Å². The number of pyridine rings is 1. The summed E-state index contributed by atoms with van der Waals surface area (Å²) in [6, 6.07) is 12.7. The molecule has 0 atom stereocenters. The van der Waals surface area contributed by atoms with Crippen molar-refractivity contribution in [2.24, 2.45) is 0 Å².